The molecule has 1 aromatic carbocycles. The van der Waals surface area contributed by atoms with Gasteiger partial charge in [-0.25, -0.2) is 0 Å². The van der Waals surface area contributed by atoms with Crippen molar-refractivity contribution >= 4 is 23.2 Å². The van der Waals surface area contributed by atoms with Crippen LogP contribution >= 0.6 is 11.6 Å². The lowest BCUT2D eigenvalue weighted by Crippen LogP contribution is -2.37. The van der Waals surface area contributed by atoms with Gasteiger partial charge in [-0.3, -0.25) is 4.79 Å². The summed E-state index contributed by atoms with van der Waals surface area (Å²) in [6.45, 7) is 2.41. The summed E-state index contributed by atoms with van der Waals surface area (Å²) in [5.41, 5.74) is 5.68. The molecule has 2 rings (SSSR count). The summed E-state index contributed by atoms with van der Waals surface area (Å²) in [4.78, 5) is 11.8. The van der Waals surface area contributed by atoms with E-state index in [2.05, 4.69) is 5.32 Å². The van der Waals surface area contributed by atoms with E-state index in [-0.39, 0.29) is 5.91 Å². The van der Waals surface area contributed by atoms with E-state index in [1.807, 2.05) is 6.92 Å². The molecule has 0 aromatic heterocycles. The fourth-order valence-electron chi connectivity index (χ4n) is 1.49. The largest absolute Gasteiger partial charge is 0.492 e. The number of hydrogen-bond donors (Lipinski definition) is 2. The Balaban J connectivity index is 2.18. The Kier molecular flexibility index (Phi) is 3.26. The van der Waals surface area contributed by atoms with Gasteiger partial charge in [0.05, 0.1) is 17.8 Å². The number of amides is 1. The number of ether oxygens (including phenoxy) is 1. The lowest BCUT2D eigenvalue weighted by Gasteiger charge is -2.14. The van der Waals surface area contributed by atoms with Crippen LogP contribution in [0.2, 0.25) is 5.02 Å². The molecule has 0 saturated heterocycles. The zero-order valence-electron chi connectivity index (χ0n) is 9.63. The molecule has 0 aliphatic heterocycles. The van der Waals surface area contributed by atoms with Crippen molar-refractivity contribution in [3.05, 3.63) is 23.2 Å². The minimum absolute atomic E-state index is 0.180. The van der Waals surface area contributed by atoms with Crippen molar-refractivity contribution < 1.29 is 9.53 Å². The summed E-state index contributed by atoms with van der Waals surface area (Å²) >= 11 is 5.89. The maximum absolute atomic E-state index is 11.8. The normalized spacial score (nSPS) is 16.4. The minimum Gasteiger partial charge on any atom is -0.492 e. The van der Waals surface area contributed by atoms with E-state index >= 15 is 0 Å². The highest BCUT2D eigenvalue weighted by molar-refractivity contribution is 6.31. The third-order valence-electron chi connectivity index (χ3n) is 2.73. The van der Waals surface area contributed by atoms with Gasteiger partial charge in [0.1, 0.15) is 5.75 Å². The van der Waals surface area contributed by atoms with Crippen LogP contribution in [0.5, 0.6) is 5.75 Å². The first-order valence-corrected chi connectivity index (χ1v) is 5.95. The Morgan fingerprint density at radius 1 is 1.59 bits per heavy atom. The molecule has 0 unspecified atom stereocenters. The first-order chi connectivity index (χ1) is 8.05. The van der Waals surface area contributed by atoms with E-state index in [0.29, 0.717) is 23.1 Å². The molecule has 1 aliphatic rings. The monoisotopic (exact) mass is 254 g/mol. The van der Waals surface area contributed by atoms with Crippen LogP contribution < -0.4 is 15.8 Å². The zero-order chi connectivity index (χ0) is 12.5. The van der Waals surface area contributed by atoms with Gasteiger partial charge in [0, 0.05) is 5.02 Å². The number of benzene rings is 1. The van der Waals surface area contributed by atoms with Crippen molar-refractivity contribution in [1.82, 2.24) is 0 Å². The maximum Gasteiger partial charge on any atom is 0.244 e. The molecule has 0 radical (unpaired) electrons. The Bertz CT molecular complexity index is 444. The molecule has 5 heteroatoms. The summed E-state index contributed by atoms with van der Waals surface area (Å²) in [6, 6.07) is 5.12. The molecule has 0 spiro atoms. The van der Waals surface area contributed by atoms with Gasteiger partial charge in [-0.1, -0.05) is 11.6 Å². The number of rotatable bonds is 4. The van der Waals surface area contributed by atoms with Gasteiger partial charge in [-0.05, 0) is 38.0 Å². The number of halogens is 1. The molecule has 4 nitrogen and oxygen atoms in total. The molecule has 92 valence electrons. The van der Waals surface area contributed by atoms with Crippen molar-refractivity contribution in [1.29, 1.82) is 0 Å². The number of carbonyl (C=O) groups is 1. The van der Waals surface area contributed by atoms with E-state index in [0.717, 1.165) is 12.8 Å². The fourth-order valence-corrected chi connectivity index (χ4v) is 1.66. The molecule has 1 fully saturated rings. The lowest BCUT2D eigenvalue weighted by molar-refractivity contribution is -0.118. The summed E-state index contributed by atoms with van der Waals surface area (Å²) in [7, 11) is 0. The van der Waals surface area contributed by atoms with Crippen molar-refractivity contribution in [2.75, 3.05) is 11.9 Å². The standard InChI is InChI=1S/C12H15ClN2O2/c1-2-17-10-4-3-8(13)7-9(10)15-11(16)12(14)5-6-12/h3-4,7H,2,5-6,14H2,1H3,(H,15,16). The van der Waals surface area contributed by atoms with Gasteiger partial charge in [0.2, 0.25) is 5.91 Å². The molecule has 1 amide bonds. The highest BCUT2D eigenvalue weighted by Crippen LogP contribution is 2.35. The number of carbonyl (C=O) groups excluding carboxylic acids is 1. The first-order valence-electron chi connectivity index (χ1n) is 5.58. The van der Waals surface area contributed by atoms with Crippen molar-refractivity contribution in [2.24, 2.45) is 5.73 Å². The van der Waals surface area contributed by atoms with E-state index in [9.17, 15) is 4.79 Å². The number of nitrogens with two attached hydrogens (primary N) is 1. The van der Waals surface area contributed by atoms with Crippen molar-refractivity contribution in [3.8, 4) is 5.75 Å². The van der Waals surface area contributed by atoms with Gasteiger partial charge < -0.3 is 15.8 Å². The second-order valence-corrected chi connectivity index (χ2v) is 4.62. The summed E-state index contributed by atoms with van der Waals surface area (Å²) < 4.78 is 5.41. The number of hydrogen-bond acceptors (Lipinski definition) is 3. The van der Waals surface area contributed by atoms with Gasteiger partial charge in [-0.15, -0.1) is 0 Å². The molecule has 0 heterocycles. The maximum atomic E-state index is 11.8. The molecule has 1 aliphatic carbocycles. The Hall–Kier alpha value is -1.26. The van der Waals surface area contributed by atoms with Gasteiger partial charge in [0.15, 0.2) is 0 Å². The third-order valence-corrected chi connectivity index (χ3v) is 2.97. The van der Waals surface area contributed by atoms with Crippen LogP contribution in [-0.2, 0) is 4.79 Å². The topological polar surface area (TPSA) is 64.3 Å². The minimum atomic E-state index is -0.703. The molecular formula is C12H15ClN2O2. The molecular weight excluding hydrogens is 240 g/mol. The molecule has 17 heavy (non-hydrogen) atoms. The Labute approximate surface area is 105 Å². The molecule has 1 saturated carbocycles. The average molecular weight is 255 g/mol. The van der Waals surface area contributed by atoms with Crippen LogP contribution in [0.15, 0.2) is 18.2 Å². The summed E-state index contributed by atoms with van der Waals surface area (Å²) in [5.74, 6) is 0.426. The van der Waals surface area contributed by atoms with E-state index in [1.54, 1.807) is 18.2 Å². The van der Waals surface area contributed by atoms with Crippen LogP contribution in [0, 0.1) is 0 Å². The van der Waals surface area contributed by atoms with Crippen molar-refractivity contribution in [2.45, 2.75) is 25.3 Å². The molecule has 0 atom stereocenters. The Morgan fingerprint density at radius 3 is 2.88 bits per heavy atom. The smallest absolute Gasteiger partial charge is 0.244 e. The SMILES string of the molecule is CCOc1ccc(Cl)cc1NC(=O)C1(N)CC1. The summed E-state index contributed by atoms with van der Waals surface area (Å²) in [6.07, 6.45) is 1.45. The van der Waals surface area contributed by atoms with E-state index in [4.69, 9.17) is 22.1 Å². The van der Waals surface area contributed by atoms with Gasteiger partial charge in [-0.2, -0.15) is 0 Å². The van der Waals surface area contributed by atoms with Crippen LogP contribution in [-0.4, -0.2) is 18.1 Å². The van der Waals surface area contributed by atoms with Crippen LogP contribution in [0.3, 0.4) is 0 Å². The quantitative estimate of drug-likeness (QED) is 0.866. The van der Waals surface area contributed by atoms with Crippen LogP contribution in [0.4, 0.5) is 5.69 Å². The second kappa shape index (κ2) is 4.55. The fraction of sp³-hybridized carbons (Fsp3) is 0.417. The predicted octanol–water partition coefficient (Wildman–Crippen LogP) is 2.17. The van der Waals surface area contributed by atoms with Gasteiger partial charge in [0.25, 0.3) is 0 Å². The molecule has 1 aromatic rings. The zero-order valence-corrected chi connectivity index (χ0v) is 10.4. The second-order valence-electron chi connectivity index (χ2n) is 4.18. The van der Waals surface area contributed by atoms with Crippen LogP contribution in [0.25, 0.3) is 0 Å². The summed E-state index contributed by atoms with van der Waals surface area (Å²) in [5, 5.41) is 3.31. The number of anilines is 1. The predicted molar refractivity (Wildman–Crippen MR) is 67.4 cm³/mol. The van der Waals surface area contributed by atoms with E-state index < -0.39 is 5.54 Å². The van der Waals surface area contributed by atoms with Crippen LogP contribution in [0.1, 0.15) is 19.8 Å². The first kappa shape index (κ1) is 12.2. The number of nitrogens with one attached hydrogen (secondary N) is 1. The average Bonchev–Trinajstić information content (AvgIpc) is 3.02. The third kappa shape index (κ3) is 2.70. The highest BCUT2D eigenvalue weighted by atomic mass is 35.5. The Morgan fingerprint density at radius 2 is 2.29 bits per heavy atom. The van der Waals surface area contributed by atoms with E-state index in [1.165, 1.54) is 0 Å². The molecule has 3 N–H and O–H groups in total. The highest BCUT2D eigenvalue weighted by Gasteiger charge is 2.46. The van der Waals surface area contributed by atoms with Crippen molar-refractivity contribution in [3.63, 3.8) is 0 Å². The molecule has 0 bridgehead atoms. The van der Waals surface area contributed by atoms with Gasteiger partial charge >= 0.3 is 0 Å². The lowest BCUT2D eigenvalue weighted by atomic mass is 10.2.